The lowest BCUT2D eigenvalue weighted by Crippen LogP contribution is -2.15. The standard InChI is InChI=1S/C17H19NO3/c1-18(2)14-5-3-4-12(10-14)17(19)13-6-7-15-16(11-13)21-9-8-20-15/h3-7,10-11,17,19H,8-9H2,1-2H3. The summed E-state index contributed by atoms with van der Waals surface area (Å²) in [6.07, 6.45) is -0.680. The van der Waals surface area contributed by atoms with Gasteiger partial charge in [0.2, 0.25) is 0 Å². The predicted molar refractivity (Wildman–Crippen MR) is 82.3 cm³/mol. The van der Waals surface area contributed by atoms with Crippen molar-refractivity contribution in [1.29, 1.82) is 0 Å². The van der Waals surface area contributed by atoms with Crippen LogP contribution in [0.25, 0.3) is 0 Å². The van der Waals surface area contributed by atoms with Gasteiger partial charge in [-0.2, -0.15) is 0 Å². The Kier molecular flexibility index (Phi) is 3.71. The Morgan fingerprint density at radius 1 is 0.952 bits per heavy atom. The summed E-state index contributed by atoms with van der Waals surface area (Å²) in [7, 11) is 3.96. The molecule has 1 aliphatic heterocycles. The van der Waals surface area contributed by atoms with Crippen molar-refractivity contribution in [3.8, 4) is 11.5 Å². The molecule has 0 amide bonds. The summed E-state index contributed by atoms with van der Waals surface area (Å²) in [6, 6.07) is 13.5. The molecule has 2 aromatic rings. The summed E-state index contributed by atoms with van der Waals surface area (Å²) in [4.78, 5) is 2.01. The van der Waals surface area contributed by atoms with E-state index in [1.165, 1.54) is 0 Å². The van der Waals surface area contributed by atoms with E-state index in [4.69, 9.17) is 9.47 Å². The van der Waals surface area contributed by atoms with Crippen molar-refractivity contribution in [2.24, 2.45) is 0 Å². The normalized spacial score (nSPS) is 14.6. The Bertz CT molecular complexity index is 640. The van der Waals surface area contributed by atoms with Gasteiger partial charge in [0.05, 0.1) is 0 Å². The van der Waals surface area contributed by atoms with E-state index in [-0.39, 0.29) is 0 Å². The maximum atomic E-state index is 10.6. The average molecular weight is 285 g/mol. The van der Waals surface area contributed by atoms with Crippen molar-refractivity contribution < 1.29 is 14.6 Å². The van der Waals surface area contributed by atoms with Crippen LogP contribution in [0.3, 0.4) is 0 Å². The summed E-state index contributed by atoms with van der Waals surface area (Å²) in [5, 5.41) is 10.6. The zero-order valence-electron chi connectivity index (χ0n) is 12.2. The average Bonchev–Trinajstić information content (AvgIpc) is 2.53. The van der Waals surface area contributed by atoms with Gasteiger partial charge in [0.1, 0.15) is 19.3 Å². The predicted octanol–water partition coefficient (Wildman–Crippen LogP) is 2.61. The fourth-order valence-corrected chi connectivity index (χ4v) is 2.40. The van der Waals surface area contributed by atoms with Crippen molar-refractivity contribution in [3.05, 3.63) is 53.6 Å². The highest BCUT2D eigenvalue weighted by molar-refractivity contribution is 5.50. The van der Waals surface area contributed by atoms with Crippen molar-refractivity contribution in [3.63, 3.8) is 0 Å². The lowest BCUT2D eigenvalue weighted by atomic mass is 10.0. The molecule has 0 bridgehead atoms. The van der Waals surface area contributed by atoms with Crippen LogP contribution in [-0.4, -0.2) is 32.4 Å². The third-order valence-corrected chi connectivity index (χ3v) is 3.58. The van der Waals surface area contributed by atoms with Crippen LogP contribution in [0, 0.1) is 0 Å². The van der Waals surface area contributed by atoms with Gasteiger partial charge in [0, 0.05) is 19.8 Å². The van der Waals surface area contributed by atoms with Crippen LogP contribution in [0.15, 0.2) is 42.5 Å². The number of aliphatic hydroxyl groups excluding tert-OH is 1. The van der Waals surface area contributed by atoms with Crippen LogP contribution in [0.2, 0.25) is 0 Å². The van der Waals surface area contributed by atoms with Gasteiger partial charge in [0.15, 0.2) is 11.5 Å². The molecule has 1 atom stereocenters. The first-order valence-corrected chi connectivity index (χ1v) is 7.00. The monoisotopic (exact) mass is 285 g/mol. The zero-order valence-corrected chi connectivity index (χ0v) is 12.2. The molecule has 1 N–H and O–H groups in total. The number of aliphatic hydroxyl groups is 1. The molecule has 0 fully saturated rings. The molecular formula is C17H19NO3. The number of nitrogens with zero attached hydrogens (tertiary/aromatic N) is 1. The molecular weight excluding hydrogens is 266 g/mol. The Morgan fingerprint density at radius 3 is 2.43 bits per heavy atom. The third-order valence-electron chi connectivity index (χ3n) is 3.58. The molecule has 2 aromatic carbocycles. The minimum atomic E-state index is -0.680. The molecule has 1 unspecified atom stereocenters. The van der Waals surface area contributed by atoms with E-state index in [9.17, 15) is 5.11 Å². The molecule has 21 heavy (non-hydrogen) atoms. The molecule has 0 saturated heterocycles. The minimum absolute atomic E-state index is 0.544. The van der Waals surface area contributed by atoms with Gasteiger partial charge in [-0.1, -0.05) is 18.2 Å². The number of fused-ring (bicyclic) bond motifs is 1. The molecule has 4 nitrogen and oxygen atoms in total. The van der Waals surface area contributed by atoms with Crippen LogP contribution >= 0.6 is 0 Å². The van der Waals surface area contributed by atoms with Crippen LogP contribution in [0.4, 0.5) is 5.69 Å². The van der Waals surface area contributed by atoms with Crippen molar-refractivity contribution in [1.82, 2.24) is 0 Å². The SMILES string of the molecule is CN(C)c1cccc(C(O)c2ccc3c(c2)OCCO3)c1. The zero-order chi connectivity index (χ0) is 14.8. The Labute approximate surface area is 124 Å². The summed E-state index contributed by atoms with van der Waals surface area (Å²) < 4.78 is 11.1. The van der Waals surface area contributed by atoms with E-state index in [2.05, 4.69) is 0 Å². The molecule has 0 spiro atoms. The highest BCUT2D eigenvalue weighted by atomic mass is 16.6. The summed E-state index contributed by atoms with van der Waals surface area (Å²) in [6.45, 7) is 1.11. The lowest BCUT2D eigenvalue weighted by molar-refractivity contribution is 0.169. The van der Waals surface area contributed by atoms with Crippen molar-refractivity contribution in [2.45, 2.75) is 6.10 Å². The fourth-order valence-electron chi connectivity index (χ4n) is 2.40. The Hall–Kier alpha value is -2.20. The van der Waals surface area contributed by atoms with Crippen LogP contribution in [-0.2, 0) is 0 Å². The smallest absolute Gasteiger partial charge is 0.161 e. The highest BCUT2D eigenvalue weighted by Crippen LogP contribution is 2.34. The summed E-state index contributed by atoms with van der Waals surface area (Å²) >= 11 is 0. The van der Waals surface area contributed by atoms with Gasteiger partial charge in [-0.25, -0.2) is 0 Å². The maximum Gasteiger partial charge on any atom is 0.161 e. The van der Waals surface area contributed by atoms with Gasteiger partial charge in [-0.3, -0.25) is 0 Å². The first-order chi connectivity index (χ1) is 10.1. The molecule has 0 radical (unpaired) electrons. The number of benzene rings is 2. The second-order valence-corrected chi connectivity index (χ2v) is 5.30. The molecule has 1 heterocycles. The van der Waals surface area contributed by atoms with E-state index < -0.39 is 6.10 Å². The lowest BCUT2D eigenvalue weighted by Gasteiger charge is -2.21. The highest BCUT2D eigenvalue weighted by Gasteiger charge is 2.17. The Morgan fingerprint density at radius 2 is 1.67 bits per heavy atom. The molecule has 1 aliphatic rings. The summed E-state index contributed by atoms with van der Waals surface area (Å²) in [5.74, 6) is 1.43. The molecule has 0 aromatic heterocycles. The fraction of sp³-hybridized carbons (Fsp3) is 0.294. The quantitative estimate of drug-likeness (QED) is 0.941. The van der Waals surface area contributed by atoms with Gasteiger partial charge >= 0.3 is 0 Å². The molecule has 110 valence electrons. The first kappa shape index (κ1) is 13.8. The molecule has 0 saturated carbocycles. The summed E-state index contributed by atoms with van der Waals surface area (Å²) in [5.41, 5.74) is 2.72. The van der Waals surface area contributed by atoms with Crippen molar-refractivity contribution in [2.75, 3.05) is 32.2 Å². The van der Waals surface area contributed by atoms with Crippen LogP contribution in [0.5, 0.6) is 11.5 Å². The van der Waals surface area contributed by atoms with Crippen LogP contribution in [0.1, 0.15) is 17.2 Å². The molecule has 3 rings (SSSR count). The maximum absolute atomic E-state index is 10.6. The van der Waals surface area contributed by atoms with Gasteiger partial charge in [-0.05, 0) is 35.4 Å². The van der Waals surface area contributed by atoms with E-state index in [1.807, 2.05) is 61.5 Å². The second kappa shape index (κ2) is 5.66. The van der Waals surface area contributed by atoms with Gasteiger partial charge in [-0.15, -0.1) is 0 Å². The molecule has 0 aliphatic carbocycles. The number of rotatable bonds is 3. The number of anilines is 1. The number of hydrogen-bond acceptors (Lipinski definition) is 4. The van der Waals surface area contributed by atoms with Gasteiger partial charge in [0.25, 0.3) is 0 Å². The van der Waals surface area contributed by atoms with E-state index in [0.717, 1.165) is 22.6 Å². The minimum Gasteiger partial charge on any atom is -0.486 e. The molecule has 4 heteroatoms. The third kappa shape index (κ3) is 2.81. The largest absolute Gasteiger partial charge is 0.486 e. The first-order valence-electron chi connectivity index (χ1n) is 7.00. The van der Waals surface area contributed by atoms with E-state index >= 15 is 0 Å². The number of ether oxygens (including phenoxy) is 2. The number of hydrogen-bond donors (Lipinski definition) is 1. The van der Waals surface area contributed by atoms with E-state index in [0.29, 0.717) is 19.0 Å². The topological polar surface area (TPSA) is 41.9 Å². The Balaban J connectivity index is 1.91. The van der Waals surface area contributed by atoms with Crippen LogP contribution < -0.4 is 14.4 Å². The van der Waals surface area contributed by atoms with Gasteiger partial charge < -0.3 is 19.5 Å². The van der Waals surface area contributed by atoms with E-state index in [1.54, 1.807) is 0 Å². The van der Waals surface area contributed by atoms with Crippen molar-refractivity contribution >= 4 is 5.69 Å². The second-order valence-electron chi connectivity index (χ2n) is 5.30.